The number of hydrogen-bond donors (Lipinski definition) is 1. The van der Waals surface area contributed by atoms with E-state index in [1.165, 1.54) is 10.4 Å². The van der Waals surface area contributed by atoms with E-state index in [1.54, 1.807) is 34.6 Å². The lowest BCUT2D eigenvalue weighted by atomic mass is 10.2. The normalized spacial score (nSPS) is 10.7. The molecule has 3 heterocycles. The van der Waals surface area contributed by atoms with Gasteiger partial charge >= 0.3 is 0 Å². The molecule has 0 fully saturated rings. The second-order valence-electron chi connectivity index (χ2n) is 5.17. The van der Waals surface area contributed by atoms with Crippen LogP contribution in [0.1, 0.15) is 22.6 Å². The van der Waals surface area contributed by atoms with Gasteiger partial charge in [0.25, 0.3) is 0 Å². The van der Waals surface area contributed by atoms with Gasteiger partial charge in [-0.25, -0.2) is 4.68 Å². The molecule has 0 saturated carbocycles. The van der Waals surface area contributed by atoms with E-state index in [2.05, 4.69) is 39.0 Å². The average molecular weight is 327 g/mol. The Morgan fingerprint density at radius 1 is 1.39 bits per heavy atom. The third kappa shape index (κ3) is 4.01. The molecule has 1 amide bonds. The molecule has 6 nitrogen and oxygen atoms in total. The Bertz CT molecular complexity index is 781. The molecule has 3 aromatic heterocycles. The molecule has 23 heavy (non-hydrogen) atoms. The second-order valence-corrected chi connectivity index (χ2v) is 6.17. The van der Waals surface area contributed by atoms with Crippen LogP contribution >= 0.6 is 11.3 Å². The van der Waals surface area contributed by atoms with Crippen molar-refractivity contribution in [3.8, 4) is 5.69 Å². The van der Waals surface area contributed by atoms with Gasteiger partial charge in [-0.3, -0.25) is 9.78 Å². The van der Waals surface area contributed by atoms with Crippen molar-refractivity contribution >= 4 is 17.2 Å². The van der Waals surface area contributed by atoms with E-state index in [1.807, 2.05) is 12.1 Å². The van der Waals surface area contributed by atoms with E-state index in [0.717, 1.165) is 17.8 Å². The number of hydrogen-bond acceptors (Lipinski definition) is 5. The summed E-state index contributed by atoms with van der Waals surface area (Å²) in [5, 5.41) is 13.0. The van der Waals surface area contributed by atoms with Gasteiger partial charge in [0.05, 0.1) is 24.6 Å². The molecule has 0 aliphatic rings. The Morgan fingerprint density at radius 3 is 3.04 bits per heavy atom. The Hall–Kier alpha value is -2.54. The van der Waals surface area contributed by atoms with Crippen LogP contribution in [0.3, 0.4) is 0 Å². The molecular formula is C16H17N5OS. The topological polar surface area (TPSA) is 72.7 Å². The quantitative estimate of drug-likeness (QED) is 0.754. The van der Waals surface area contributed by atoms with Crippen LogP contribution in [-0.4, -0.2) is 25.9 Å². The first kappa shape index (κ1) is 15.4. The molecule has 118 valence electrons. The van der Waals surface area contributed by atoms with Gasteiger partial charge in [0.1, 0.15) is 5.69 Å². The van der Waals surface area contributed by atoms with E-state index in [-0.39, 0.29) is 5.91 Å². The van der Waals surface area contributed by atoms with Gasteiger partial charge in [0.2, 0.25) is 5.91 Å². The fourth-order valence-corrected chi connectivity index (χ4v) is 3.07. The number of aryl methyl sites for hydroxylation is 2. The zero-order valence-electron chi connectivity index (χ0n) is 12.8. The predicted molar refractivity (Wildman–Crippen MR) is 88.4 cm³/mol. The van der Waals surface area contributed by atoms with E-state index in [9.17, 15) is 4.79 Å². The minimum Gasteiger partial charge on any atom is -0.350 e. The first-order chi connectivity index (χ1) is 11.2. The molecule has 0 aliphatic carbocycles. The lowest BCUT2D eigenvalue weighted by molar-refractivity contribution is -0.121. The number of amides is 1. The van der Waals surface area contributed by atoms with Gasteiger partial charge in [-0.05, 0) is 42.5 Å². The summed E-state index contributed by atoms with van der Waals surface area (Å²) in [5.74, 6) is 0.0220. The minimum absolute atomic E-state index is 0.0220. The maximum Gasteiger partial charge on any atom is 0.220 e. The third-order valence-corrected chi connectivity index (χ3v) is 4.55. The van der Waals surface area contributed by atoms with Gasteiger partial charge in [0, 0.05) is 17.5 Å². The van der Waals surface area contributed by atoms with Crippen molar-refractivity contribution in [1.29, 1.82) is 0 Å². The molecule has 7 heteroatoms. The minimum atomic E-state index is 0.0220. The number of pyridine rings is 1. The van der Waals surface area contributed by atoms with E-state index in [4.69, 9.17) is 0 Å². The molecule has 3 rings (SSSR count). The number of nitrogens with one attached hydrogen (secondary N) is 1. The SMILES string of the molecule is Cc1ccsc1CCC(=O)NCc1cn(-c2cccnc2)nn1. The van der Waals surface area contributed by atoms with E-state index in [0.29, 0.717) is 13.0 Å². The Morgan fingerprint density at radius 2 is 2.30 bits per heavy atom. The fourth-order valence-electron chi connectivity index (χ4n) is 2.16. The van der Waals surface area contributed by atoms with Crippen molar-refractivity contribution in [3.63, 3.8) is 0 Å². The average Bonchev–Trinajstić information content (AvgIpc) is 3.21. The third-order valence-electron chi connectivity index (χ3n) is 3.47. The maximum absolute atomic E-state index is 11.9. The standard InChI is InChI=1S/C16H17N5OS/c1-12-6-8-23-15(12)4-5-16(22)18-9-13-11-21(20-19-13)14-3-2-7-17-10-14/h2-3,6-8,10-11H,4-5,9H2,1H3,(H,18,22). The van der Waals surface area contributed by atoms with Crippen LogP contribution in [0.2, 0.25) is 0 Å². The lowest BCUT2D eigenvalue weighted by Gasteiger charge is -2.03. The van der Waals surface area contributed by atoms with Crippen molar-refractivity contribution < 1.29 is 4.79 Å². The molecule has 3 aromatic rings. The van der Waals surface area contributed by atoms with Gasteiger partial charge in [-0.2, -0.15) is 0 Å². The fraction of sp³-hybridized carbons (Fsp3) is 0.250. The van der Waals surface area contributed by atoms with Gasteiger partial charge in [0.15, 0.2) is 0 Å². The first-order valence-electron chi connectivity index (χ1n) is 7.33. The van der Waals surface area contributed by atoms with Crippen LogP contribution in [-0.2, 0) is 17.8 Å². The highest BCUT2D eigenvalue weighted by atomic mass is 32.1. The van der Waals surface area contributed by atoms with Gasteiger partial charge in [-0.1, -0.05) is 5.21 Å². The molecule has 0 spiro atoms. The van der Waals surface area contributed by atoms with E-state index < -0.39 is 0 Å². The zero-order valence-corrected chi connectivity index (χ0v) is 13.6. The molecule has 0 atom stereocenters. The smallest absolute Gasteiger partial charge is 0.220 e. The van der Waals surface area contributed by atoms with Crippen molar-refractivity contribution in [2.45, 2.75) is 26.3 Å². The summed E-state index contributed by atoms with van der Waals surface area (Å²) in [7, 11) is 0. The highest BCUT2D eigenvalue weighted by Crippen LogP contribution is 2.17. The number of carbonyl (C=O) groups is 1. The molecule has 0 saturated heterocycles. The number of nitrogens with zero attached hydrogens (tertiary/aromatic N) is 4. The van der Waals surface area contributed by atoms with Crippen LogP contribution < -0.4 is 5.32 Å². The summed E-state index contributed by atoms with van der Waals surface area (Å²) in [6, 6.07) is 5.81. The van der Waals surface area contributed by atoms with Crippen LogP contribution in [0.25, 0.3) is 5.69 Å². The largest absolute Gasteiger partial charge is 0.350 e. The number of thiophene rings is 1. The molecule has 0 aromatic carbocycles. The van der Waals surface area contributed by atoms with Crippen molar-refractivity contribution in [1.82, 2.24) is 25.3 Å². The van der Waals surface area contributed by atoms with Crippen molar-refractivity contribution in [2.75, 3.05) is 0 Å². The summed E-state index contributed by atoms with van der Waals surface area (Å²) < 4.78 is 1.64. The summed E-state index contributed by atoms with van der Waals surface area (Å²) in [6.45, 7) is 2.45. The first-order valence-corrected chi connectivity index (χ1v) is 8.21. The summed E-state index contributed by atoms with van der Waals surface area (Å²) in [4.78, 5) is 17.2. The lowest BCUT2D eigenvalue weighted by Crippen LogP contribution is -2.23. The summed E-state index contributed by atoms with van der Waals surface area (Å²) >= 11 is 1.70. The number of carbonyl (C=O) groups excluding carboxylic acids is 1. The summed E-state index contributed by atoms with van der Waals surface area (Å²) in [6.07, 6.45) is 6.47. The molecule has 0 bridgehead atoms. The van der Waals surface area contributed by atoms with Crippen LogP contribution in [0.4, 0.5) is 0 Å². The Kier molecular flexibility index (Phi) is 4.77. The molecular weight excluding hydrogens is 310 g/mol. The highest BCUT2D eigenvalue weighted by molar-refractivity contribution is 7.10. The zero-order chi connectivity index (χ0) is 16.1. The van der Waals surface area contributed by atoms with Crippen LogP contribution in [0.15, 0.2) is 42.2 Å². The highest BCUT2D eigenvalue weighted by Gasteiger charge is 2.07. The van der Waals surface area contributed by atoms with Crippen LogP contribution in [0.5, 0.6) is 0 Å². The van der Waals surface area contributed by atoms with Crippen LogP contribution in [0, 0.1) is 6.92 Å². The predicted octanol–water partition coefficient (Wildman–Crippen LogP) is 2.28. The molecule has 0 radical (unpaired) electrons. The van der Waals surface area contributed by atoms with Crippen molar-refractivity contribution in [2.24, 2.45) is 0 Å². The van der Waals surface area contributed by atoms with Gasteiger partial charge < -0.3 is 5.32 Å². The molecule has 0 unspecified atom stereocenters. The Labute approximate surface area is 138 Å². The second kappa shape index (κ2) is 7.15. The molecule has 1 N–H and O–H groups in total. The Balaban J connectivity index is 1.50. The van der Waals surface area contributed by atoms with Crippen molar-refractivity contribution in [3.05, 3.63) is 58.3 Å². The summed E-state index contributed by atoms with van der Waals surface area (Å²) in [5.41, 5.74) is 2.81. The van der Waals surface area contributed by atoms with E-state index >= 15 is 0 Å². The number of rotatable bonds is 6. The van der Waals surface area contributed by atoms with Gasteiger partial charge in [-0.15, -0.1) is 16.4 Å². The monoisotopic (exact) mass is 327 g/mol. The maximum atomic E-state index is 11.9. The number of aromatic nitrogens is 4. The molecule has 0 aliphatic heterocycles.